The number of hydrogen-bond donors (Lipinski definition) is 2. The van der Waals surface area contributed by atoms with Crippen LogP contribution >= 0.6 is 0 Å². The van der Waals surface area contributed by atoms with E-state index in [0.29, 0.717) is 5.71 Å². The van der Waals surface area contributed by atoms with E-state index in [-0.39, 0.29) is 11.4 Å². The van der Waals surface area contributed by atoms with Crippen LogP contribution in [0.15, 0.2) is 47.6 Å². The van der Waals surface area contributed by atoms with Crippen LogP contribution in [0.4, 0.5) is 17.1 Å². The highest BCUT2D eigenvalue weighted by Crippen LogP contribution is 2.29. The van der Waals surface area contributed by atoms with Crippen LogP contribution in [-0.4, -0.2) is 26.3 Å². The molecule has 0 aliphatic heterocycles. The number of non-ortho nitro benzene ring substituents is 1. The first-order chi connectivity index (χ1) is 13.1. The first kappa shape index (κ1) is 20.5. The van der Waals surface area contributed by atoms with E-state index in [1.807, 2.05) is 0 Å². The topological polar surface area (TPSA) is 131 Å². The molecule has 0 radical (unpaired) electrons. The molecule has 0 bridgehead atoms. The van der Waals surface area contributed by atoms with Crippen LogP contribution in [0.3, 0.4) is 0 Å². The average molecular weight is 382 g/mol. The van der Waals surface area contributed by atoms with Crippen molar-refractivity contribution in [3.8, 4) is 11.8 Å². The van der Waals surface area contributed by atoms with Gasteiger partial charge in [-0.1, -0.05) is 24.0 Å². The summed E-state index contributed by atoms with van der Waals surface area (Å²) in [4.78, 5) is 20.5. The van der Waals surface area contributed by atoms with Crippen molar-refractivity contribution >= 4 is 22.8 Å². The van der Waals surface area contributed by atoms with E-state index in [1.54, 1.807) is 45.0 Å². The molecule has 0 atom stereocenters. The quantitative estimate of drug-likeness (QED) is 0.352. The number of nitro benzene ring substituents is 2. The summed E-state index contributed by atoms with van der Waals surface area (Å²) >= 11 is 0. The highest BCUT2D eigenvalue weighted by molar-refractivity contribution is 5.99. The summed E-state index contributed by atoms with van der Waals surface area (Å²) in [6.07, 6.45) is 0. The van der Waals surface area contributed by atoms with Crippen molar-refractivity contribution in [2.24, 2.45) is 5.10 Å². The maximum Gasteiger partial charge on any atom is 0.301 e. The summed E-state index contributed by atoms with van der Waals surface area (Å²) in [7, 11) is 0. The Hall–Kier alpha value is -3.77. The summed E-state index contributed by atoms with van der Waals surface area (Å²) in [5.41, 5.74) is 2.75. The average Bonchev–Trinajstić information content (AvgIpc) is 2.64. The second-order valence-electron chi connectivity index (χ2n) is 6.41. The summed E-state index contributed by atoms with van der Waals surface area (Å²) in [6, 6.07) is 10.4. The number of nitrogens with zero attached hydrogens (tertiary/aromatic N) is 3. The molecule has 0 aromatic heterocycles. The maximum atomic E-state index is 11.1. The lowest BCUT2D eigenvalue weighted by Gasteiger charge is -2.06. The van der Waals surface area contributed by atoms with Gasteiger partial charge in [-0.2, -0.15) is 5.10 Å². The van der Waals surface area contributed by atoms with Gasteiger partial charge in [-0.25, -0.2) is 0 Å². The van der Waals surface area contributed by atoms with Crippen LogP contribution in [0.5, 0.6) is 0 Å². The minimum absolute atomic E-state index is 0.0441. The minimum atomic E-state index is -1.08. The van der Waals surface area contributed by atoms with Gasteiger partial charge < -0.3 is 5.11 Å². The van der Waals surface area contributed by atoms with E-state index in [9.17, 15) is 25.3 Å². The van der Waals surface area contributed by atoms with Gasteiger partial charge in [0.25, 0.3) is 5.69 Å². The van der Waals surface area contributed by atoms with Crippen molar-refractivity contribution in [3.05, 3.63) is 73.8 Å². The fraction of sp³-hybridized carbons (Fsp3) is 0.211. The van der Waals surface area contributed by atoms with Gasteiger partial charge in [-0.15, -0.1) is 0 Å². The molecule has 0 spiro atoms. The Morgan fingerprint density at radius 2 is 1.75 bits per heavy atom. The Kier molecular flexibility index (Phi) is 6.08. The summed E-state index contributed by atoms with van der Waals surface area (Å²) in [6.45, 7) is 4.89. The molecule has 144 valence electrons. The zero-order valence-electron chi connectivity index (χ0n) is 15.5. The number of hydrogen-bond acceptors (Lipinski definition) is 7. The molecule has 0 fully saturated rings. The summed E-state index contributed by atoms with van der Waals surface area (Å²) in [5, 5.41) is 35.7. The summed E-state index contributed by atoms with van der Waals surface area (Å²) in [5.74, 6) is 5.57. The van der Waals surface area contributed by atoms with E-state index in [1.165, 1.54) is 6.07 Å². The lowest BCUT2D eigenvalue weighted by molar-refractivity contribution is -0.393. The smallest absolute Gasteiger partial charge is 0.301 e. The third-order valence-electron chi connectivity index (χ3n) is 3.55. The van der Waals surface area contributed by atoms with Crippen LogP contribution in [0.1, 0.15) is 31.9 Å². The number of nitro groups is 2. The molecule has 0 amide bonds. The Morgan fingerprint density at radius 3 is 2.29 bits per heavy atom. The number of nitrogens with one attached hydrogen (secondary N) is 1. The third kappa shape index (κ3) is 5.62. The largest absolute Gasteiger partial charge is 0.378 e. The second-order valence-corrected chi connectivity index (χ2v) is 6.41. The molecule has 2 N–H and O–H groups in total. The normalized spacial score (nSPS) is 11.4. The molecule has 9 heteroatoms. The Balaban J connectivity index is 2.21. The Morgan fingerprint density at radius 1 is 1.11 bits per heavy atom. The van der Waals surface area contributed by atoms with E-state index in [0.717, 1.165) is 23.3 Å². The van der Waals surface area contributed by atoms with Gasteiger partial charge in [-0.3, -0.25) is 25.7 Å². The van der Waals surface area contributed by atoms with Crippen molar-refractivity contribution in [1.82, 2.24) is 0 Å². The molecule has 2 rings (SSSR count). The molecule has 2 aromatic carbocycles. The fourth-order valence-electron chi connectivity index (χ4n) is 2.11. The number of aliphatic hydroxyl groups is 1. The highest BCUT2D eigenvalue weighted by atomic mass is 16.6. The molecule has 0 saturated heterocycles. The van der Waals surface area contributed by atoms with Crippen molar-refractivity contribution in [3.63, 3.8) is 0 Å². The van der Waals surface area contributed by atoms with Crippen LogP contribution in [0.2, 0.25) is 0 Å². The molecule has 0 aliphatic rings. The van der Waals surface area contributed by atoms with Gasteiger partial charge >= 0.3 is 5.69 Å². The second kappa shape index (κ2) is 8.28. The SMILES string of the molecule is C/C(=N\Nc1ccc([N+](=O)[O-])cc1[N+](=O)[O-])c1ccc(C#CC(C)(C)O)cc1. The Bertz CT molecular complexity index is 996. The molecule has 0 aliphatic carbocycles. The van der Waals surface area contributed by atoms with E-state index >= 15 is 0 Å². The molecular formula is C19H18N4O5. The van der Waals surface area contributed by atoms with E-state index in [4.69, 9.17) is 0 Å². The monoisotopic (exact) mass is 382 g/mol. The fourth-order valence-corrected chi connectivity index (χ4v) is 2.11. The van der Waals surface area contributed by atoms with E-state index < -0.39 is 21.1 Å². The van der Waals surface area contributed by atoms with Crippen molar-refractivity contribution in [2.45, 2.75) is 26.4 Å². The molecule has 28 heavy (non-hydrogen) atoms. The van der Waals surface area contributed by atoms with Gasteiger partial charge in [-0.05, 0) is 44.5 Å². The Labute approximate surface area is 161 Å². The molecular weight excluding hydrogens is 364 g/mol. The number of anilines is 1. The first-order valence-electron chi connectivity index (χ1n) is 8.16. The van der Waals surface area contributed by atoms with Crippen LogP contribution in [0.25, 0.3) is 0 Å². The number of hydrazone groups is 1. The third-order valence-corrected chi connectivity index (χ3v) is 3.55. The highest BCUT2D eigenvalue weighted by Gasteiger charge is 2.19. The first-order valence-corrected chi connectivity index (χ1v) is 8.16. The van der Waals surface area contributed by atoms with E-state index in [2.05, 4.69) is 22.4 Å². The molecule has 0 heterocycles. The molecule has 2 aromatic rings. The zero-order chi connectivity index (χ0) is 20.9. The zero-order valence-corrected chi connectivity index (χ0v) is 15.5. The van der Waals surface area contributed by atoms with Crippen molar-refractivity contribution in [2.75, 3.05) is 5.43 Å². The lowest BCUT2D eigenvalue weighted by Crippen LogP contribution is -2.14. The predicted molar refractivity (Wildman–Crippen MR) is 105 cm³/mol. The minimum Gasteiger partial charge on any atom is -0.378 e. The molecule has 9 nitrogen and oxygen atoms in total. The number of rotatable bonds is 5. The maximum absolute atomic E-state index is 11.1. The molecule has 0 saturated carbocycles. The van der Waals surface area contributed by atoms with Gasteiger partial charge in [0, 0.05) is 11.6 Å². The van der Waals surface area contributed by atoms with Crippen molar-refractivity contribution < 1.29 is 15.0 Å². The van der Waals surface area contributed by atoms with Gasteiger partial charge in [0.15, 0.2) is 0 Å². The number of benzene rings is 2. The summed E-state index contributed by atoms with van der Waals surface area (Å²) < 4.78 is 0. The predicted octanol–water partition coefficient (Wildman–Crippen LogP) is 3.46. The standard InChI is InChI=1S/C19H18N4O5/c1-13(15-6-4-14(5-7-15)10-11-19(2,3)24)20-21-17-9-8-16(22(25)26)12-18(17)23(27)28/h4-9,12,21,24H,1-3H3/b20-13+. The molecule has 0 unspecified atom stereocenters. The van der Waals surface area contributed by atoms with Crippen LogP contribution < -0.4 is 5.43 Å². The lowest BCUT2D eigenvalue weighted by atomic mass is 10.1. The van der Waals surface area contributed by atoms with Gasteiger partial charge in [0.1, 0.15) is 11.3 Å². The van der Waals surface area contributed by atoms with Crippen LogP contribution in [-0.2, 0) is 0 Å². The van der Waals surface area contributed by atoms with Crippen LogP contribution in [0, 0.1) is 32.1 Å². The van der Waals surface area contributed by atoms with Gasteiger partial charge in [0.05, 0.1) is 21.6 Å². The van der Waals surface area contributed by atoms with Crippen molar-refractivity contribution in [1.29, 1.82) is 0 Å². The van der Waals surface area contributed by atoms with Gasteiger partial charge in [0.2, 0.25) is 0 Å².